The Balaban J connectivity index is 2.70. The molecular weight excluding hydrogens is 236 g/mol. The summed E-state index contributed by atoms with van der Waals surface area (Å²) in [6, 6.07) is 0. The van der Waals surface area contributed by atoms with Gasteiger partial charge in [-0.05, 0) is 39.5 Å². The fourth-order valence-corrected chi connectivity index (χ4v) is 2.13. The minimum atomic E-state index is -0.961. The molecule has 104 valence electrons. The Hall–Kier alpha value is -1.10. The molecule has 0 aromatic carbocycles. The number of hydrogen-bond acceptors (Lipinski definition) is 4. The molecule has 1 saturated heterocycles. The van der Waals surface area contributed by atoms with Gasteiger partial charge in [0, 0.05) is 13.2 Å². The molecule has 0 aliphatic carbocycles. The predicted molar refractivity (Wildman–Crippen MR) is 65.1 cm³/mol. The summed E-state index contributed by atoms with van der Waals surface area (Å²) in [5, 5.41) is 8.92. The topological polar surface area (TPSA) is 72.8 Å². The molecule has 1 aliphatic heterocycles. The number of carbonyl (C=O) groups excluding carboxylic acids is 1. The highest BCUT2D eigenvalue weighted by Gasteiger charge is 2.34. The maximum absolute atomic E-state index is 12.1. The number of carboxylic acids is 1. The van der Waals surface area contributed by atoms with Crippen LogP contribution in [0.3, 0.4) is 0 Å². The summed E-state index contributed by atoms with van der Waals surface area (Å²) < 4.78 is 10.5. The van der Waals surface area contributed by atoms with Crippen molar-refractivity contribution in [1.82, 2.24) is 0 Å². The summed E-state index contributed by atoms with van der Waals surface area (Å²) in [5.74, 6) is -1.88. The lowest BCUT2D eigenvalue weighted by Crippen LogP contribution is -2.36. The van der Waals surface area contributed by atoms with E-state index in [1.54, 1.807) is 20.8 Å². The molecule has 1 heterocycles. The van der Waals surface area contributed by atoms with Crippen molar-refractivity contribution in [2.24, 2.45) is 11.8 Å². The van der Waals surface area contributed by atoms with Gasteiger partial charge in [0.25, 0.3) is 0 Å². The van der Waals surface area contributed by atoms with E-state index in [1.807, 2.05) is 0 Å². The van der Waals surface area contributed by atoms with E-state index >= 15 is 0 Å². The summed E-state index contributed by atoms with van der Waals surface area (Å²) in [7, 11) is 0. The molecule has 1 unspecified atom stereocenters. The van der Waals surface area contributed by atoms with Crippen molar-refractivity contribution in [1.29, 1.82) is 0 Å². The van der Waals surface area contributed by atoms with Crippen molar-refractivity contribution < 1.29 is 24.2 Å². The number of carbonyl (C=O) groups is 2. The van der Waals surface area contributed by atoms with E-state index in [2.05, 4.69) is 0 Å². The van der Waals surface area contributed by atoms with Gasteiger partial charge in [-0.2, -0.15) is 0 Å². The molecule has 18 heavy (non-hydrogen) atoms. The summed E-state index contributed by atoms with van der Waals surface area (Å²) >= 11 is 0. The Bertz CT molecular complexity index is 299. The lowest BCUT2D eigenvalue weighted by Gasteiger charge is -2.30. The van der Waals surface area contributed by atoms with Crippen molar-refractivity contribution in [3.63, 3.8) is 0 Å². The first kappa shape index (κ1) is 15.0. The van der Waals surface area contributed by atoms with E-state index < -0.39 is 23.5 Å². The molecule has 1 N–H and O–H groups in total. The van der Waals surface area contributed by atoms with Crippen LogP contribution in [0.5, 0.6) is 0 Å². The minimum Gasteiger partial charge on any atom is -0.481 e. The molecule has 5 nitrogen and oxygen atoms in total. The van der Waals surface area contributed by atoms with Gasteiger partial charge in [-0.25, -0.2) is 0 Å². The van der Waals surface area contributed by atoms with Gasteiger partial charge < -0.3 is 14.6 Å². The van der Waals surface area contributed by atoms with Crippen LogP contribution in [0.1, 0.15) is 40.0 Å². The van der Waals surface area contributed by atoms with Crippen LogP contribution in [0.15, 0.2) is 0 Å². The van der Waals surface area contributed by atoms with Gasteiger partial charge >= 0.3 is 11.9 Å². The van der Waals surface area contributed by atoms with Crippen molar-refractivity contribution in [3.8, 4) is 0 Å². The molecule has 0 aromatic heterocycles. The second-order valence-corrected chi connectivity index (χ2v) is 5.69. The highest BCUT2D eigenvalue weighted by Crippen LogP contribution is 2.28. The number of ether oxygens (including phenoxy) is 2. The summed E-state index contributed by atoms with van der Waals surface area (Å²) in [6.45, 7) is 6.53. The molecular formula is C13H22O5. The second kappa shape index (κ2) is 6.18. The lowest BCUT2D eigenvalue weighted by molar-refractivity contribution is -0.166. The van der Waals surface area contributed by atoms with Crippen LogP contribution < -0.4 is 0 Å². The average Bonchev–Trinajstić information content (AvgIpc) is 2.24. The third-order valence-corrected chi connectivity index (χ3v) is 2.94. The standard InChI is InChI=1S/C13H22O5/c1-13(2,3)18-12(16)10(8-11(14)15)9-4-6-17-7-5-9/h9-10H,4-8H2,1-3H3,(H,14,15). The molecule has 0 radical (unpaired) electrons. The average molecular weight is 258 g/mol. The number of aliphatic carboxylic acids is 1. The number of hydrogen-bond donors (Lipinski definition) is 1. The molecule has 0 amide bonds. The molecule has 1 rings (SSSR count). The number of carboxylic acid groups (broad SMARTS) is 1. The molecule has 0 aromatic rings. The summed E-state index contributed by atoms with van der Waals surface area (Å²) in [4.78, 5) is 23.0. The fourth-order valence-electron chi connectivity index (χ4n) is 2.13. The van der Waals surface area contributed by atoms with Crippen molar-refractivity contribution >= 4 is 11.9 Å². The predicted octanol–water partition coefficient (Wildman–Crippen LogP) is 1.85. The Morgan fingerprint density at radius 1 is 1.33 bits per heavy atom. The molecule has 5 heteroatoms. The SMILES string of the molecule is CC(C)(C)OC(=O)C(CC(=O)O)C1CCOCC1. The van der Waals surface area contributed by atoms with E-state index in [4.69, 9.17) is 14.6 Å². The Kier molecular flexibility index (Phi) is 5.14. The normalized spacial score (nSPS) is 19.3. The van der Waals surface area contributed by atoms with Crippen LogP contribution in [0, 0.1) is 11.8 Å². The lowest BCUT2D eigenvalue weighted by atomic mass is 9.84. The van der Waals surface area contributed by atoms with E-state index in [0.29, 0.717) is 13.2 Å². The van der Waals surface area contributed by atoms with E-state index in [1.165, 1.54) is 0 Å². The van der Waals surface area contributed by atoms with E-state index in [9.17, 15) is 9.59 Å². The van der Waals surface area contributed by atoms with Gasteiger partial charge in [0.15, 0.2) is 0 Å². The van der Waals surface area contributed by atoms with Crippen molar-refractivity contribution in [2.75, 3.05) is 13.2 Å². The quantitative estimate of drug-likeness (QED) is 0.779. The van der Waals surface area contributed by atoms with Crippen LogP contribution in [-0.2, 0) is 19.1 Å². The van der Waals surface area contributed by atoms with Gasteiger partial charge in [-0.15, -0.1) is 0 Å². The Labute approximate surface area is 107 Å². The molecule has 1 fully saturated rings. The largest absolute Gasteiger partial charge is 0.481 e. The third-order valence-electron chi connectivity index (χ3n) is 2.94. The first-order chi connectivity index (χ1) is 8.29. The highest BCUT2D eigenvalue weighted by atomic mass is 16.6. The Morgan fingerprint density at radius 2 is 1.89 bits per heavy atom. The van der Waals surface area contributed by atoms with Gasteiger partial charge in [-0.3, -0.25) is 9.59 Å². The van der Waals surface area contributed by atoms with E-state index in [0.717, 1.165) is 12.8 Å². The van der Waals surface area contributed by atoms with E-state index in [-0.39, 0.29) is 12.3 Å². The Morgan fingerprint density at radius 3 is 2.33 bits per heavy atom. The van der Waals surface area contributed by atoms with Crippen LogP contribution in [0.2, 0.25) is 0 Å². The summed E-state index contributed by atoms with van der Waals surface area (Å²) in [6.07, 6.45) is 1.27. The first-order valence-corrected chi connectivity index (χ1v) is 6.32. The molecule has 0 bridgehead atoms. The zero-order valence-electron chi connectivity index (χ0n) is 11.3. The second-order valence-electron chi connectivity index (χ2n) is 5.69. The van der Waals surface area contributed by atoms with Crippen molar-refractivity contribution in [3.05, 3.63) is 0 Å². The molecule has 1 atom stereocenters. The van der Waals surface area contributed by atoms with Gasteiger partial charge in [0.1, 0.15) is 5.60 Å². The first-order valence-electron chi connectivity index (χ1n) is 6.32. The number of esters is 1. The van der Waals surface area contributed by atoms with Gasteiger partial charge in [0.05, 0.1) is 12.3 Å². The third kappa shape index (κ3) is 5.04. The minimum absolute atomic E-state index is 0.0460. The number of rotatable bonds is 4. The maximum atomic E-state index is 12.1. The van der Waals surface area contributed by atoms with Crippen LogP contribution in [-0.4, -0.2) is 35.9 Å². The van der Waals surface area contributed by atoms with Crippen LogP contribution in [0.4, 0.5) is 0 Å². The fraction of sp³-hybridized carbons (Fsp3) is 0.846. The molecule has 1 aliphatic rings. The summed E-state index contributed by atoms with van der Waals surface area (Å²) in [5.41, 5.74) is -0.584. The maximum Gasteiger partial charge on any atom is 0.310 e. The monoisotopic (exact) mass is 258 g/mol. The molecule has 0 saturated carbocycles. The van der Waals surface area contributed by atoms with Crippen LogP contribution >= 0.6 is 0 Å². The molecule has 0 spiro atoms. The highest BCUT2D eigenvalue weighted by molar-refractivity contribution is 5.79. The zero-order chi connectivity index (χ0) is 13.8. The van der Waals surface area contributed by atoms with Crippen molar-refractivity contribution in [2.45, 2.75) is 45.6 Å². The zero-order valence-corrected chi connectivity index (χ0v) is 11.3. The van der Waals surface area contributed by atoms with Gasteiger partial charge in [0.2, 0.25) is 0 Å². The van der Waals surface area contributed by atoms with Gasteiger partial charge in [-0.1, -0.05) is 0 Å². The smallest absolute Gasteiger partial charge is 0.310 e. The van der Waals surface area contributed by atoms with Crippen LogP contribution in [0.25, 0.3) is 0 Å².